The number of ether oxygens (including phenoxy) is 2. The first-order chi connectivity index (χ1) is 15.3. The molecule has 7 nitrogen and oxygen atoms in total. The highest BCUT2D eigenvalue weighted by Crippen LogP contribution is 2.32. The summed E-state index contributed by atoms with van der Waals surface area (Å²) in [4.78, 5) is 9.44. The van der Waals surface area contributed by atoms with E-state index in [-0.39, 0.29) is 0 Å². The molecule has 31 heavy (non-hydrogen) atoms. The van der Waals surface area contributed by atoms with Crippen LogP contribution in [-0.2, 0) is 13.1 Å². The van der Waals surface area contributed by atoms with E-state index in [1.54, 1.807) is 7.05 Å². The molecule has 2 aromatic rings. The van der Waals surface area contributed by atoms with Crippen molar-refractivity contribution in [3.05, 3.63) is 59.7 Å². The molecular formula is C24H33N5O2. The third-order valence-corrected chi connectivity index (χ3v) is 5.78. The second kappa shape index (κ2) is 11.0. The van der Waals surface area contributed by atoms with Crippen molar-refractivity contribution in [3.63, 3.8) is 0 Å². The normalized spacial score (nSPS) is 17.0. The summed E-state index contributed by atoms with van der Waals surface area (Å²) in [6, 6.07) is 16.8. The first-order valence-electron chi connectivity index (χ1n) is 11.1. The predicted octanol–water partition coefficient (Wildman–Crippen LogP) is 2.29. The Morgan fingerprint density at radius 1 is 0.903 bits per heavy atom. The maximum absolute atomic E-state index is 5.44. The van der Waals surface area contributed by atoms with Crippen LogP contribution in [0.5, 0.6) is 11.5 Å². The fraction of sp³-hybridized carbons (Fsp3) is 0.458. The van der Waals surface area contributed by atoms with E-state index in [1.807, 2.05) is 18.2 Å². The van der Waals surface area contributed by atoms with Gasteiger partial charge in [-0.05, 0) is 36.2 Å². The minimum atomic E-state index is 0.303. The summed E-state index contributed by atoms with van der Waals surface area (Å²) >= 11 is 0. The van der Waals surface area contributed by atoms with Gasteiger partial charge in [-0.25, -0.2) is 0 Å². The number of aliphatic imine (C=N–C) groups is 1. The Morgan fingerprint density at radius 3 is 2.48 bits per heavy atom. The summed E-state index contributed by atoms with van der Waals surface area (Å²) in [6.45, 7) is 8.64. The Bertz CT molecular complexity index is 850. The maximum Gasteiger partial charge on any atom is 0.231 e. The van der Waals surface area contributed by atoms with Crippen LogP contribution >= 0.6 is 0 Å². The van der Waals surface area contributed by atoms with Crippen molar-refractivity contribution in [3.8, 4) is 11.5 Å². The fourth-order valence-corrected chi connectivity index (χ4v) is 3.98. The van der Waals surface area contributed by atoms with E-state index < -0.39 is 0 Å². The fourth-order valence-electron chi connectivity index (χ4n) is 3.98. The first-order valence-corrected chi connectivity index (χ1v) is 11.1. The Labute approximate surface area is 185 Å². The van der Waals surface area contributed by atoms with Gasteiger partial charge in [-0.2, -0.15) is 0 Å². The van der Waals surface area contributed by atoms with Crippen LogP contribution in [0.4, 0.5) is 0 Å². The molecule has 0 saturated carbocycles. The van der Waals surface area contributed by atoms with E-state index >= 15 is 0 Å². The molecule has 2 N–H and O–H groups in total. The van der Waals surface area contributed by atoms with Crippen LogP contribution in [0.2, 0.25) is 0 Å². The lowest BCUT2D eigenvalue weighted by atomic mass is 10.2. The topological polar surface area (TPSA) is 61.4 Å². The minimum Gasteiger partial charge on any atom is -0.454 e. The smallest absolute Gasteiger partial charge is 0.231 e. The van der Waals surface area contributed by atoms with Crippen molar-refractivity contribution in [1.29, 1.82) is 0 Å². The number of fused-ring (bicyclic) bond motifs is 1. The van der Waals surface area contributed by atoms with Crippen LogP contribution in [0.1, 0.15) is 17.5 Å². The number of nitrogens with one attached hydrogen (secondary N) is 2. The maximum atomic E-state index is 5.44. The summed E-state index contributed by atoms with van der Waals surface area (Å²) in [5, 5.41) is 6.79. The third-order valence-electron chi connectivity index (χ3n) is 5.78. The lowest BCUT2D eigenvalue weighted by Crippen LogP contribution is -2.46. The molecule has 2 aromatic carbocycles. The van der Waals surface area contributed by atoms with Crippen molar-refractivity contribution in [2.75, 3.05) is 53.1 Å². The average Bonchev–Trinajstić information content (AvgIpc) is 3.28. The van der Waals surface area contributed by atoms with Gasteiger partial charge in [0.15, 0.2) is 17.5 Å². The highest BCUT2D eigenvalue weighted by atomic mass is 16.7. The number of guanidine groups is 1. The molecule has 0 atom stereocenters. The van der Waals surface area contributed by atoms with Gasteiger partial charge in [-0.1, -0.05) is 36.4 Å². The number of piperazine rings is 1. The van der Waals surface area contributed by atoms with E-state index in [1.165, 1.54) is 5.56 Å². The van der Waals surface area contributed by atoms with Crippen molar-refractivity contribution in [2.45, 2.75) is 19.5 Å². The highest BCUT2D eigenvalue weighted by Gasteiger charge is 2.16. The molecule has 7 heteroatoms. The lowest BCUT2D eigenvalue weighted by Gasteiger charge is -2.34. The number of nitrogens with zero attached hydrogens (tertiary/aromatic N) is 3. The van der Waals surface area contributed by atoms with E-state index in [0.29, 0.717) is 13.3 Å². The Balaban J connectivity index is 1.10. The van der Waals surface area contributed by atoms with Crippen molar-refractivity contribution in [2.24, 2.45) is 4.99 Å². The molecule has 166 valence electrons. The second-order valence-corrected chi connectivity index (χ2v) is 8.00. The molecule has 0 bridgehead atoms. The molecule has 1 fully saturated rings. The van der Waals surface area contributed by atoms with Crippen LogP contribution in [0.3, 0.4) is 0 Å². The molecule has 2 heterocycles. The van der Waals surface area contributed by atoms with Crippen LogP contribution < -0.4 is 20.1 Å². The van der Waals surface area contributed by atoms with Crippen LogP contribution in [0.25, 0.3) is 0 Å². The van der Waals surface area contributed by atoms with Gasteiger partial charge in [0.05, 0.1) is 0 Å². The molecule has 2 aliphatic heterocycles. The van der Waals surface area contributed by atoms with E-state index in [2.05, 4.69) is 55.8 Å². The standard InChI is InChI=1S/C24H33N5O2/c1-25-24(27-17-21-8-9-22-23(16-21)31-19-30-22)26-10-5-11-28-12-14-29(15-13-28)18-20-6-3-2-4-7-20/h2-4,6-9,16H,5,10-15,17-19H2,1H3,(H2,25,26,27). The summed E-state index contributed by atoms with van der Waals surface area (Å²) < 4.78 is 10.8. The summed E-state index contributed by atoms with van der Waals surface area (Å²) in [5.74, 6) is 2.45. The van der Waals surface area contributed by atoms with Gasteiger partial charge in [0.1, 0.15) is 0 Å². The molecule has 0 aliphatic carbocycles. The van der Waals surface area contributed by atoms with Crippen LogP contribution in [0, 0.1) is 0 Å². The Hall–Kier alpha value is -2.77. The predicted molar refractivity (Wildman–Crippen MR) is 124 cm³/mol. The number of benzene rings is 2. The van der Waals surface area contributed by atoms with Gasteiger partial charge in [0.25, 0.3) is 0 Å². The van der Waals surface area contributed by atoms with E-state index in [0.717, 1.165) is 75.3 Å². The largest absolute Gasteiger partial charge is 0.454 e. The molecule has 0 unspecified atom stereocenters. The number of hydrogen-bond acceptors (Lipinski definition) is 5. The second-order valence-electron chi connectivity index (χ2n) is 8.00. The van der Waals surface area contributed by atoms with E-state index in [9.17, 15) is 0 Å². The summed E-state index contributed by atoms with van der Waals surface area (Å²) in [5.41, 5.74) is 2.54. The molecule has 0 radical (unpaired) electrons. The minimum absolute atomic E-state index is 0.303. The zero-order chi connectivity index (χ0) is 21.3. The van der Waals surface area contributed by atoms with Gasteiger partial charge < -0.3 is 25.0 Å². The first kappa shape index (κ1) is 21.5. The average molecular weight is 424 g/mol. The highest BCUT2D eigenvalue weighted by molar-refractivity contribution is 5.79. The van der Waals surface area contributed by atoms with Gasteiger partial charge >= 0.3 is 0 Å². The Morgan fingerprint density at radius 2 is 1.68 bits per heavy atom. The van der Waals surface area contributed by atoms with Gasteiger partial charge in [-0.3, -0.25) is 9.89 Å². The van der Waals surface area contributed by atoms with Crippen LogP contribution in [-0.4, -0.2) is 68.9 Å². The molecular weight excluding hydrogens is 390 g/mol. The summed E-state index contributed by atoms with van der Waals surface area (Å²) in [7, 11) is 1.81. The lowest BCUT2D eigenvalue weighted by molar-refractivity contribution is 0.126. The molecule has 0 spiro atoms. The number of rotatable bonds is 8. The van der Waals surface area contributed by atoms with Gasteiger partial charge in [0.2, 0.25) is 6.79 Å². The molecule has 0 aromatic heterocycles. The van der Waals surface area contributed by atoms with E-state index in [4.69, 9.17) is 9.47 Å². The summed E-state index contributed by atoms with van der Waals surface area (Å²) in [6.07, 6.45) is 1.10. The molecule has 1 saturated heterocycles. The molecule has 2 aliphatic rings. The number of hydrogen-bond donors (Lipinski definition) is 2. The quantitative estimate of drug-likeness (QED) is 0.386. The third kappa shape index (κ3) is 6.35. The molecule has 0 amide bonds. The zero-order valence-corrected chi connectivity index (χ0v) is 18.3. The van der Waals surface area contributed by atoms with Crippen LogP contribution in [0.15, 0.2) is 53.5 Å². The zero-order valence-electron chi connectivity index (χ0n) is 18.3. The van der Waals surface area contributed by atoms with Crippen molar-refractivity contribution < 1.29 is 9.47 Å². The SMILES string of the molecule is CN=C(NCCCN1CCN(Cc2ccccc2)CC1)NCc1ccc2c(c1)OCO2. The van der Waals surface area contributed by atoms with Gasteiger partial charge in [-0.15, -0.1) is 0 Å². The van der Waals surface area contributed by atoms with Gasteiger partial charge in [0, 0.05) is 52.9 Å². The van der Waals surface area contributed by atoms with Crippen molar-refractivity contribution >= 4 is 5.96 Å². The monoisotopic (exact) mass is 423 g/mol. The molecule has 4 rings (SSSR count). The van der Waals surface area contributed by atoms with Crippen molar-refractivity contribution in [1.82, 2.24) is 20.4 Å². The Kier molecular flexibility index (Phi) is 7.63.